The summed E-state index contributed by atoms with van der Waals surface area (Å²) in [5.74, 6) is 0. The zero-order valence-corrected chi connectivity index (χ0v) is 9.82. The Morgan fingerprint density at radius 1 is 1.38 bits per heavy atom. The lowest BCUT2D eigenvalue weighted by atomic mass is 10.1. The normalized spacial score (nSPS) is 26.2. The van der Waals surface area contributed by atoms with Gasteiger partial charge in [0.1, 0.15) is 0 Å². The molecule has 88 valence electrons. The third-order valence-corrected chi connectivity index (χ3v) is 3.26. The molecule has 3 heteroatoms. The summed E-state index contributed by atoms with van der Waals surface area (Å²) in [6, 6.07) is 8.26. The summed E-state index contributed by atoms with van der Waals surface area (Å²) >= 11 is 0. The highest BCUT2D eigenvalue weighted by Crippen LogP contribution is 2.22. The van der Waals surface area contributed by atoms with Crippen LogP contribution in [0.15, 0.2) is 24.3 Å². The van der Waals surface area contributed by atoms with Crippen LogP contribution in [0.4, 0.5) is 0 Å². The molecule has 1 aromatic rings. The largest absolute Gasteiger partial charge is 0.389 e. The highest BCUT2D eigenvalue weighted by molar-refractivity contribution is 5.26. The number of hydrogen-bond donors (Lipinski definition) is 2. The fourth-order valence-electron chi connectivity index (χ4n) is 2.33. The second-order valence-corrected chi connectivity index (χ2v) is 4.93. The SMILES string of the molecule is CC1(O)CCN(Cc2ccccc2CN)C1. The van der Waals surface area contributed by atoms with Crippen molar-refractivity contribution in [3.63, 3.8) is 0 Å². The number of hydrogen-bond acceptors (Lipinski definition) is 3. The molecule has 0 aliphatic carbocycles. The first-order valence-electron chi connectivity index (χ1n) is 5.82. The predicted molar refractivity (Wildman–Crippen MR) is 64.9 cm³/mol. The summed E-state index contributed by atoms with van der Waals surface area (Å²) in [6.45, 7) is 5.10. The molecule has 1 unspecified atom stereocenters. The molecular formula is C13H20N2O. The average molecular weight is 220 g/mol. The van der Waals surface area contributed by atoms with Crippen LogP contribution in [0.3, 0.4) is 0 Å². The molecule has 0 bridgehead atoms. The zero-order chi connectivity index (χ0) is 11.6. The van der Waals surface area contributed by atoms with E-state index in [1.807, 2.05) is 19.1 Å². The second-order valence-electron chi connectivity index (χ2n) is 4.93. The molecule has 1 heterocycles. The van der Waals surface area contributed by atoms with E-state index in [9.17, 15) is 5.11 Å². The molecule has 1 aliphatic rings. The number of nitrogens with zero attached hydrogens (tertiary/aromatic N) is 1. The molecule has 1 saturated heterocycles. The number of likely N-dealkylation sites (tertiary alicyclic amines) is 1. The van der Waals surface area contributed by atoms with Gasteiger partial charge in [-0.1, -0.05) is 24.3 Å². The first-order valence-corrected chi connectivity index (χ1v) is 5.82. The van der Waals surface area contributed by atoms with Crippen molar-refractivity contribution < 1.29 is 5.11 Å². The molecule has 1 aliphatic heterocycles. The monoisotopic (exact) mass is 220 g/mol. The fourth-order valence-corrected chi connectivity index (χ4v) is 2.33. The van der Waals surface area contributed by atoms with E-state index in [4.69, 9.17) is 5.73 Å². The molecule has 1 aromatic carbocycles. The van der Waals surface area contributed by atoms with E-state index < -0.39 is 5.60 Å². The maximum absolute atomic E-state index is 9.90. The lowest BCUT2D eigenvalue weighted by molar-refractivity contribution is 0.0678. The second kappa shape index (κ2) is 4.53. The average Bonchev–Trinajstić information content (AvgIpc) is 2.59. The Labute approximate surface area is 96.9 Å². The Hall–Kier alpha value is -0.900. The summed E-state index contributed by atoms with van der Waals surface area (Å²) in [5.41, 5.74) is 7.68. The Morgan fingerprint density at radius 2 is 2.06 bits per heavy atom. The van der Waals surface area contributed by atoms with Gasteiger partial charge in [0.15, 0.2) is 0 Å². The molecule has 2 rings (SSSR count). The minimum absolute atomic E-state index is 0.516. The molecule has 1 atom stereocenters. The van der Waals surface area contributed by atoms with Crippen molar-refractivity contribution in [3.05, 3.63) is 35.4 Å². The van der Waals surface area contributed by atoms with Crippen LogP contribution in [0.1, 0.15) is 24.5 Å². The Balaban J connectivity index is 2.04. The van der Waals surface area contributed by atoms with E-state index in [0.717, 1.165) is 26.1 Å². The van der Waals surface area contributed by atoms with E-state index in [1.165, 1.54) is 11.1 Å². The van der Waals surface area contributed by atoms with Crippen molar-refractivity contribution in [1.29, 1.82) is 0 Å². The van der Waals surface area contributed by atoms with Gasteiger partial charge in [-0.05, 0) is 24.5 Å². The molecule has 1 fully saturated rings. The standard InChI is InChI=1S/C13H20N2O/c1-13(16)6-7-15(10-13)9-12-5-3-2-4-11(12)8-14/h2-5,16H,6-10,14H2,1H3. The van der Waals surface area contributed by atoms with Crippen LogP contribution in [-0.4, -0.2) is 28.7 Å². The van der Waals surface area contributed by atoms with Crippen molar-refractivity contribution in [2.75, 3.05) is 13.1 Å². The quantitative estimate of drug-likeness (QED) is 0.802. The minimum atomic E-state index is -0.516. The molecule has 0 radical (unpaired) electrons. The van der Waals surface area contributed by atoms with Gasteiger partial charge in [-0.25, -0.2) is 0 Å². The third-order valence-electron chi connectivity index (χ3n) is 3.26. The fraction of sp³-hybridized carbons (Fsp3) is 0.538. The van der Waals surface area contributed by atoms with Crippen LogP contribution in [0.5, 0.6) is 0 Å². The molecular weight excluding hydrogens is 200 g/mol. The number of aliphatic hydroxyl groups is 1. The van der Waals surface area contributed by atoms with Crippen LogP contribution in [0.25, 0.3) is 0 Å². The zero-order valence-electron chi connectivity index (χ0n) is 9.82. The van der Waals surface area contributed by atoms with E-state index in [1.54, 1.807) is 0 Å². The van der Waals surface area contributed by atoms with Crippen LogP contribution in [-0.2, 0) is 13.1 Å². The van der Waals surface area contributed by atoms with Crippen LogP contribution >= 0.6 is 0 Å². The van der Waals surface area contributed by atoms with Crippen LogP contribution in [0, 0.1) is 0 Å². The first kappa shape index (κ1) is 11.6. The van der Waals surface area contributed by atoms with Crippen molar-refractivity contribution in [2.45, 2.75) is 32.0 Å². The Kier molecular flexibility index (Phi) is 3.28. The van der Waals surface area contributed by atoms with Crippen LogP contribution in [0.2, 0.25) is 0 Å². The maximum atomic E-state index is 9.90. The van der Waals surface area contributed by atoms with Gasteiger partial charge in [-0.2, -0.15) is 0 Å². The summed E-state index contributed by atoms with van der Waals surface area (Å²) in [5, 5.41) is 9.90. The molecule has 3 nitrogen and oxygen atoms in total. The van der Waals surface area contributed by atoms with Crippen molar-refractivity contribution in [3.8, 4) is 0 Å². The van der Waals surface area contributed by atoms with Gasteiger partial charge in [0.2, 0.25) is 0 Å². The summed E-state index contributed by atoms with van der Waals surface area (Å²) in [7, 11) is 0. The number of rotatable bonds is 3. The van der Waals surface area contributed by atoms with Gasteiger partial charge in [0.25, 0.3) is 0 Å². The number of benzene rings is 1. The van der Waals surface area contributed by atoms with Crippen molar-refractivity contribution in [1.82, 2.24) is 4.90 Å². The van der Waals surface area contributed by atoms with Crippen molar-refractivity contribution in [2.24, 2.45) is 5.73 Å². The van der Waals surface area contributed by atoms with Gasteiger partial charge in [0, 0.05) is 26.2 Å². The number of nitrogens with two attached hydrogens (primary N) is 1. The van der Waals surface area contributed by atoms with Gasteiger partial charge in [0.05, 0.1) is 5.60 Å². The van der Waals surface area contributed by atoms with Crippen LogP contribution < -0.4 is 5.73 Å². The molecule has 0 aromatic heterocycles. The predicted octanol–water partition coefficient (Wildman–Crippen LogP) is 1.10. The summed E-state index contributed by atoms with van der Waals surface area (Å²) < 4.78 is 0. The topological polar surface area (TPSA) is 49.5 Å². The molecule has 0 amide bonds. The summed E-state index contributed by atoms with van der Waals surface area (Å²) in [6.07, 6.45) is 0.859. The van der Waals surface area contributed by atoms with Crippen molar-refractivity contribution >= 4 is 0 Å². The van der Waals surface area contributed by atoms with E-state index in [-0.39, 0.29) is 0 Å². The Bertz CT molecular complexity index is 363. The summed E-state index contributed by atoms with van der Waals surface area (Å²) in [4.78, 5) is 2.29. The lowest BCUT2D eigenvalue weighted by Gasteiger charge is -2.20. The van der Waals surface area contributed by atoms with Gasteiger partial charge >= 0.3 is 0 Å². The highest BCUT2D eigenvalue weighted by Gasteiger charge is 2.31. The molecule has 0 spiro atoms. The maximum Gasteiger partial charge on any atom is 0.0758 e. The van der Waals surface area contributed by atoms with E-state index in [0.29, 0.717) is 6.54 Å². The number of β-amino-alcohol motifs (C(OH)–C–C–N with tert-alkyl or cyclic N) is 1. The Morgan fingerprint density at radius 3 is 2.62 bits per heavy atom. The van der Waals surface area contributed by atoms with E-state index in [2.05, 4.69) is 17.0 Å². The molecule has 0 saturated carbocycles. The smallest absolute Gasteiger partial charge is 0.0758 e. The first-order chi connectivity index (χ1) is 7.61. The lowest BCUT2D eigenvalue weighted by Crippen LogP contribution is -2.29. The van der Waals surface area contributed by atoms with E-state index >= 15 is 0 Å². The van der Waals surface area contributed by atoms with Gasteiger partial charge in [-0.3, -0.25) is 4.90 Å². The van der Waals surface area contributed by atoms with Gasteiger partial charge in [-0.15, -0.1) is 0 Å². The highest BCUT2D eigenvalue weighted by atomic mass is 16.3. The molecule has 16 heavy (non-hydrogen) atoms. The van der Waals surface area contributed by atoms with Gasteiger partial charge < -0.3 is 10.8 Å². The molecule has 3 N–H and O–H groups in total. The third kappa shape index (κ3) is 2.61. The minimum Gasteiger partial charge on any atom is -0.389 e.